The molecule has 1 amide bonds. The third-order valence-corrected chi connectivity index (χ3v) is 5.49. The Hall–Kier alpha value is -2.66. The summed E-state index contributed by atoms with van der Waals surface area (Å²) in [4.78, 5) is 17.2. The van der Waals surface area contributed by atoms with Crippen LogP contribution in [0.15, 0.2) is 30.5 Å². The van der Waals surface area contributed by atoms with E-state index in [9.17, 15) is 18.7 Å². The lowest BCUT2D eigenvalue weighted by molar-refractivity contribution is -0.132. The largest absolute Gasteiger partial charge is 0.493 e. The van der Waals surface area contributed by atoms with Crippen molar-refractivity contribution in [2.75, 3.05) is 26.1 Å². The van der Waals surface area contributed by atoms with Crippen LogP contribution >= 0.6 is 0 Å². The second-order valence-corrected chi connectivity index (χ2v) is 7.96. The number of halogens is 2. The number of methoxy groups -OCH3 is 2. The van der Waals surface area contributed by atoms with E-state index in [0.29, 0.717) is 5.69 Å². The van der Waals surface area contributed by atoms with E-state index in [4.69, 9.17) is 19.3 Å². The second kappa shape index (κ2) is 9.45. The zero-order valence-corrected chi connectivity index (χ0v) is 18.1. The Balaban J connectivity index is 1.99. The third-order valence-electron chi connectivity index (χ3n) is 5.49. The number of amides is 1. The summed E-state index contributed by atoms with van der Waals surface area (Å²) in [5.41, 5.74) is -0.222. The summed E-state index contributed by atoms with van der Waals surface area (Å²) in [6, 6.07) is 5.24. The molecule has 1 aliphatic heterocycles. The van der Waals surface area contributed by atoms with Crippen LogP contribution in [0, 0.1) is 11.6 Å². The van der Waals surface area contributed by atoms with Crippen LogP contribution in [0.25, 0.3) is 0 Å². The third kappa shape index (κ3) is 4.44. The zero-order valence-electron chi connectivity index (χ0n) is 18.1. The number of hydrogen-bond acceptors (Lipinski definition) is 7. The first kappa shape index (κ1) is 24.0. The Kier molecular flexibility index (Phi) is 7.09. The van der Waals surface area contributed by atoms with Crippen LogP contribution in [0.3, 0.4) is 0 Å². The van der Waals surface area contributed by atoms with Crippen molar-refractivity contribution in [1.82, 2.24) is 4.98 Å². The number of nitrogens with one attached hydrogen (secondary N) is 1. The summed E-state index contributed by atoms with van der Waals surface area (Å²) < 4.78 is 45.0. The fraction of sp³-hybridized carbons (Fsp3) is 0.455. The van der Waals surface area contributed by atoms with Gasteiger partial charge in [-0.3, -0.25) is 9.78 Å². The zero-order chi connectivity index (χ0) is 23.6. The number of nitrogens with zero attached hydrogens (tertiary/aromatic N) is 1. The van der Waals surface area contributed by atoms with Gasteiger partial charge >= 0.3 is 0 Å². The highest BCUT2D eigenvalue weighted by molar-refractivity contribution is 5.95. The number of carbonyl (C=O) groups excluding carboxylic acids is 1. The van der Waals surface area contributed by atoms with Crippen LogP contribution in [0.1, 0.15) is 37.1 Å². The van der Waals surface area contributed by atoms with E-state index in [1.807, 2.05) is 0 Å². The molecule has 0 aliphatic carbocycles. The number of pyridine rings is 1. The van der Waals surface area contributed by atoms with Crippen LogP contribution in [0.5, 0.6) is 5.75 Å². The molecule has 2 heterocycles. The average molecular weight is 452 g/mol. The summed E-state index contributed by atoms with van der Waals surface area (Å²) in [6.07, 6.45) is -1.64. The molecule has 0 unspecified atom stereocenters. The molecule has 4 atom stereocenters. The molecule has 10 heteroatoms. The molecule has 1 aliphatic rings. The van der Waals surface area contributed by atoms with Crippen LogP contribution in [0.2, 0.25) is 0 Å². The van der Waals surface area contributed by atoms with Gasteiger partial charge < -0.3 is 29.7 Å². The number of anilines is 1. The molecule has 3 rings (SSSR count). The van der Waals surface area contributed by atoms with Crippen molar-refractivity contribution >= 4 is 11.6 Å². The number of carbonyl (C=O) groups is 1. The van der Waals surface area contributed by atoms with Gasteiger partial charge in [0.25, 0.3) is 5.91 Å². The highest BCUT2D eigenvalue weighted by atomic mass is 19.2. The molecule has 8 nitrogen and oxygen atoms in total. The van der Waals surface area contributed by atoms with Crippen molar-refractivity contribution in [3.63, 3.8) is 0 Å². The summed E-state index contributed by atoms with van der Waals surface area (Å²) >= 11 is 0. The van der Waals surface area contributed by atoms with E-state index in [1.165, 1.54) is 38.6 Å². The van der Waals surface area contributed by atoms with Gasteiger partial charge in [-0.1, -0.05) is 6.07 Å². The summed E-state index contributed by atoms with van der Waals surface area (Å²) in [7, 11) is 2.66. The molecule has 0 bridgehead atoms. The minimum absolute atomic E-state index is 0.173. The van der Waals surface area contributed by atoms with Crippen molar-refractivity contribution in [3.05, 3.63) is 53.4 Å². The lowest BCUT2D eigenvalue weighted by Crippen LogP contribution is -2.36. The molecular formula is C22H26F2N2O6. The molecule has 0 saturated carbocycles. The van der Waals surface area contributed by atoms with E-state index < -0.39 is 54.0 Å². The quantitative estimate of drug-likeness (QED) is 0.591. The monoisotopic (exact) mass is 452 g/mol. The van der Waals surface area contributed by atoms with Crippen molar-refractivity contribution in [2.24, 2.45) is 0 Å². The van der Waals surface area contributed by atoms with Gasteiger partial charge in [0, 0.05) is 24.6 Å². The number of aliphatic hydroxyl groups excluding tert-OH is 2. The molecule has 3 N–H and O–H groups in total. The first-order valence-electron chi connectivity index (χ1n) is 9.92. The minimum atomic E-state index is -1.20. The summed E-state index contributed by atoms with van der Waals surface area (Å²) in [5, 5.41) is 21.6. The number of hydrogen-bond donors (Lipinski definition) is 3. The molecule has 0 radical (unpaired) electrons. The maximum absolute atomic E-state index is 14.4. The lowest BCUT2D eigenvalue weighted by Gasteiger charge is -2.28. The van der Waals surface area contributed by atoms with Crippen molar-refractivity contribution in [1.29, 1.82) is 0 Å². The number of rotatable bonds is 7. The smallest absolute Gasteiger partial charge is 0.254 e. The van der Waals surface area contributed by atoms with Gasteiger partial charge in [-0.25, -0.2) is 4.39 Å². The molecule has 1 aromatic heterocycles. The Morgan fingerprint density at radius 1 is 1.31 bits per heavy atom. The first-order valence-corrected chi connectivity index (χ1v) is 9.92. The maximum Gasteiger partial charge on any atom is 0.254 e. The Morgan fingerprint density at radius 3 is 2.66 bits per heavy atom. The van der Waals surface area contributed by atoms with Gasteiger partial charge in [0.1, 0.15) is 12.2 Å². The van der Waals surface area contributed by atoms with E-state index in [0.717, 1.165) is 6.07 Å². The van der Waals surface area contributed by atoms with Crippen LogP contribution in [0.4, 0.5) is 14.5 Å². The predicted molar refractivity (Wildman–Crippen MR) is 110 cm³/mol. The number of aromatic nitrogens is 1. The van der Waals surface area contributed by atoms with Gasteiger partial charge in [0.05, 0.1) is 37.0 Å². The fourth-order valence-corrected chi connectivity index (χ4v) is 4.06. The van der Waals surface area contributed by atoms with Crippen LogP contribution in [-0.4, -0.2) is 59.7 Å². The predicted octanol–water partition coefficient (Wildman–Crippen LogP) is 2.31. The van der Waals surface area contributed by atoms with E-state index >= 15 is 0 Å². The standard InChI is InChI=1S/C22H26F2N2O6/c1-22(2)20(31-4)16(12-5-6-13(23)17(24)18(12)30-3)19(32-22)21(29)26-11-7-8-25-14(9-11)15(28)10-27/h5-9,15-16,19-20,27-28H,10H2,1-4H3,(H,25,26,29)/t15-,16+,19-,20+/m0/s1. The minimum Gasteiger partial charge on any atom is -0.493 e. The van der Waals surface area contributed by atoms with Crippen molar-refractivity contribution in [2.45, 2.75) is 43.7 Å². The van der Waals surface area contributed by atoms with Gasteiger partial charge in [0.15, 0.2) is 11.6 Å². The van der Waals surface area contributed by atoms with E-state index in [1.54, 1.807) is 13.8 Å². The molecule has 174 valence electrons. The first-order chi connectivity index (χ1) is 15.1. The second-order valence-electron chi connectivity index (χ2n) is 7.96. The Morgan fingerprint density at radius 2 is 2.03 bits per heavy atom. The molecule has 1 aromatic carbocycles. The van der Waals surface area contributed by atoms with Gasteiger partial charge in [-0.15, -0.1) is 0 Å². The Bertz CT molecular complexity index is 987. The molecule has 1 fully saturated rings. The van der Waals surface area contributed by atoms with E-state index in [-0.39, 0.29) is 17.0 Å². The highest BCUT2D eigenvalue weighted by Gasteiger charge is 2.54. The van der Waals surface area contributed by atoms with Gasteiger partial charge in [-0.2, -0.15) is 4.39 Å². The van der Waals surface area contributed by atoms with Gasteiger partial charge in [0.2, 0.25) is 5.82 Å². The number of benzene rings is 1. The Labute approximate surface area is 184 Å². The maximum atomic E-state index is 14.4. The average Bonchev–Trinajstić information content (AvgIpc) is 3.05. The van der Waals surface area contributed by atoms with Gasteiger partial charge in [-0.05, 0) is 32.0 Å². The van der Waals surface area contributed by atoms with Crippen molar-refractivity contribution in [3.8, 4) is 5.75 Å². The van der Waals surface area contributed by atoms with E-state index in [2.05, 4.69) is 10.3 Å². The van der Waals surface area contributed by atoms with Crippen LogP contribution in [-0.2, 0) is 14.3 Å². The summed E-state index contributed by atoms with van der Waals surface area (Å²) in [5.74, 6) is -3.95. The normalized spacial score (nSPS) is 23.1. The fourth-order valence-electron chi connectivity index (χ4n) is 4.06. The van der Waals surface area contributed by atoms with Crippen molar-refractivity contribution < 1.29 is 38.0 Å². The topological polar surface area (TPSA) is 110 Å². The molecule has 2 aromatic rings. The summed E-state index contributed by atoms with van der Waals surface area (Å²) in [6.45, 7) is 2.93. The molecular weight excluding hydrogens is 426 g/mol. The SMILES string of the molecule is COc1c([C@@H]2[C@@H](C(=O)Nc3ccnc([C@@H](O)CO)c3)OC(C)(C)[C@@H]2OC)ccc(F)c1F. The number of ether oxygens (including phenoxy) is 3. The molecule has 1 saturated heterocycles. The van der Waals surface area contributed by atoms with Crippen LogP contribution < -0.4 is 10.1 Å². The molecule has 0 spiro atoms. The number of aliphatic hydroxyl groups is 2. The highest BCUT2D eigenvalue weighted by Crippen LogP contribution is 2.46. The lowest BCUT2D eigenvalue weighted by atomic mass is 9.83. The molecule has 32 heavy (non-hydrogen) atoms.